The Morgan fingerprint density at radius 3 is 1.95 bits per heavy atom. The van der Waals surface area contributed by atoms with Crippen LogP contribution in [0, 0.1) is 20.8 Å². The third-order valence-electron chi connectivity index (χ3n) is 2.93. The van der Waals surface area contributed by atoms with Crippen LogP contribution in [0.1, 0.15) is 16.7 Å². The van der Waals surface area contributed by atoms with Gasteiger partial charge in [-0.05, 0) is 56.2 Å². The number of halogens is 1. The molecule has 0 bridgehead atoms. The molecule has 0 aromatic heterocycles. The first-order chi connectivity index (χ1) is 9.29. The SMILES string of the molecule is Cc1ccc(S(=O)(=O)Oc2c(C)cc(Cl)cc2C)cc1. The summed E-state index contributed by atoms with van der Waals surface area (Å²) in [5, 5.41) is 0.556. The summed E-state index contributed by atoms with van der Waals surface area (Å²) in [6, 6.07) is 9.88. The predicted molar refractivity (Wildman–Crippen MR) is 79.9 cm³/mol. The zero-order valence-electron chi connectivity index (χ0n) is 11.5. The van der Waals surface area contributed by atoms with E-state index in [0.717, 1.165) is 5.56 Å². The van der Waals surface area contributed by atoms with Gasteiger partial charge in [-0.15, -0.1) is 0 Å². The number of hydrogen-bond donors (Lipinski definition) is 0. The minimum Gasteiger partial charge on any atom is -0.378 e. The summed E-state index contributed by atoms with van der Waals surface area (Å²) in [7, 11) is -3.83. The molecule has 0 fully saturated rings. The summed E-state index contributed by atoms with van der Waals surface area (Å²) in [5.74, 6) is 0.329. The van der Waals surface area contributed by atoms with Crippen LogP contribution >= 0.6 is 11.6 Å². The van der Waals surface area contributed by atoms with E-state index in [-0.39, 0.29) is 4.90 Å². The Morgan fingerprint density at radius 2 is 1.45 bits per heavy atom. The van der Waals surface area contributed by atoms with E-state index in [0.29, 0.717) is 21.9 Å². The molecule has 0 aliphatic carbocycles. The minimum atomic E-state index is -3.83. The summed E-state index contributed by atoms with van der Waals surface area (Å²) in [5.41, 5.74) is 2.36. The van der Waals surface area contributed by atoms with Gasteiger partial charge in [0.2, 0.25) is 0 Å². The zero-order valence-corrected chi connectivity index (χ0v) is 13.0. The van der Waals surface area contributed by atoms with Crippen molar-refractivity contribution in [1.29, 1.82) is 0 Å². The monoisotopic (exact) mass is 310 g/mol. The molecular formula is C15H15ClO3S. The highest BCUT2D eigenvalue weighted by atomic mass is 35.5. The molecule has 20 heavy (non-hydrogen) atoms. The van der Waals surface area contributed by atoms with Crippen LogP contribution in [-0.4, -0.2) is 8.42 Å². The number of rotatable bonds is 3. The average molecular weight is 311 g/mol. The van der Waals surface area contributed by atoms with Crippen LogP contribution in [0.25, 0.3) is 0 Å². The van der Waals surface area contributed by atoms with Gasteiger partial charge in [0.05, 0.1) is 0 Å². The molecule has 0 heterocycles. The van der Waals surface area contributed by atoms with Gasteiger partial charge in [0.25, 0.3) is 0 Å². The quantitative estimate of drug-likeness (QED) is 0.804. The van der Waals surface area contributed by atoms with E-state index in [9.17, 15) is 8.42 Å². The van der Waals surface area contributed by atoms with Gasteiger partial charge < -0.3 is 4.18 Å². The molecule has 0 radical (unpaired) electrons. The molecule has 2 rings (SSSR count). The van der Waals surface area contributed by atoms with Crippen LogP contribution in [0.15, 0.2) is 41.3 Å². The van der Waals surface area contributed by atoms with E-state index >= 15 is 0 Å². The zero-order chi connectivity index (χ0) is 14.9. The molecule has 0 unspecified atom stereocenters. The highest BCUT2D eigenvalue weighted by molar-refractivity contribution is 7.87. The Labute approximate surface area is 124 Å². The Kier molecular flexibility index (Phi) is 4.06. The molecule has 0 atom stereocenters. The van der Waals surface area contributed by atoms with Crippen LogP contribution in [0.5, 0.6) is 5.75 Å². The van der Waals surface area contributed by atoms with E-state index in [1.54, 1.807) is 38.1 Å². The van der Waals surface area contributed by atoms with Gasteiger partial charge in [-0.2, -0.15) is 8.42 Å². The van der Waals surface area contributed by atoms with Crippen molar-refractivity contribution in [3.63, 3.8) is 0 Å². The fraction of sp³-hybridized carbons (Fsp3) is 0.200. The van der Waals surface area contributed by atoms with Crippen molar-refractivity contribution in [1.82, 2.24) is 0 Å². The molecule has 0 amide bonds. The largest absolute Gasteiger partial charge is 0.378 e. The Hall–Kier alpha value is -1.52. The van der Waals surface area contributed by atoms with Gasteiger partial charge >= 0.3 is 10.1 Å². The van der Waals surface area contributed by atoms with Gasteiger partial charge in [-0.25, -0.2) is 0 Å². The molecule has 0 spiro atoms. The van der Waals surface area contributed by atoms with E-state index in [1.165, 1.54) is 12.1 Å². The fourth-order valence-electron chi connectivity index (χ4n) is 1.89. The third-order valence-corrected chi connectivity index (χ3v) is 4.38. The van der Waals surface area contributed by atoms with Gasteiger partial charge in [-0.1, -0.05) is 29.3 Å². The first-order valence-corrected chi connectivity index (χ1v) is 7.86. The Balaban J connectivity index is 2.41. The van der Waals surface area contributed by atoms with Crippen molar-refractivity contribution >= 4 is 21.7 Å². The maximum absolute atomic E-state index is 12.2. The molecule has 106 valence electrons. The summed E-state index contributed by atoms with van der Waals surface area (Å²) < 4.78 is 29.8. The lowest BCUT2D eigenvalue weighted by Crippen LogP contribution is -2.11. The molecule has 0 saturated heterocycles. The maximum atomic E-state index is 12.2. The normalized spacial score (nSPS) is 11.4. The number of benzene rings is 2. The van der Waals surface area contributed by atoms with Crippen molar-refractivity contribution in [2.75, 3.05) is 0 Å². The molecule has 0 aliphatic rings. The standard InChI is InChI=1S/C15H15ClO3S/c1-10-4-6-14(7-5-10)20(17,18)19-15-11(2)8-13(16)9-12(15)3/h4-9H,1-3H3. The molecule has 0 saturated carbocycles. The molecular weight excluding hydrogens is 296 g/mol. The first-order valence-electron chi connectivity index (χ1n) is 6.07. The fourth-order valence-corrected chi connectivity index (χ4v) is 3.27. The highest BCUT2D eigenvalue weighted by Crippen LogP contribution is 2.29. The van der Waals surface area contributed by atoms with Gasteiger partial charge in [0.15, 0.2) is 0 Å². The lowest BCUT2D eigenvalue weighted by Gasteiger charge is -2.12. The van der Waals surface area contributed by atoms with Gasteiger partial charge in [0.1, 0.15) is 10.6 Å². The number of aryl methyl sites for hydroxylation is 3. The van der Waals surface area contributed by atoms with E-state index < -0.39 is 10.1 Å². The van der Waals surface area contributed by atoms with Crippen molar-refractivity contribution in [3.05, 3.63) is 58.1 Å². The lowest BCUT2D eigenvalue weighted by molar-refractivity contribution is 0.482. The van der Waals surface area contributed by atoms with E-state index in [2.05, 4.69) is 0 Å². The molecule has 0 N–H and O–H groups in total. The predicted octanol–water partition coefficient (Wildman–Crippen LogP) is 4.03. The molecule has 2 aromatic carbocycles. The first kappa shape index (κ1) is 14.9. The second-order valence-corrected chi connectivity index (χ2v) is 6.70. The second-order valence-electron chi connectivity index (χ2n) is 4.72. The van der Waals surface area contributed by atoms with Crippen LogP contribution < -0.4 is 4.18 Å². The summed E-state index contributed by atoms with van der Waals surface area (Å²) in [6.07, 6.45) is 0. The van der Waals surface area contributed by atoms with Gasteiger partial charge in [0, 0.05) is 5.02 Å². The van der Waals surface area contributed by atoms with Gasteiger partial charge in [-0.3, -0.25) is 0 Å². The highest BCUT2D eigenvalue weighted by Gasteiger charge is 2.19. The summed E-state index contributed by atoms with van der Waals surface area (Å²) in [4.78, 5) is 0.136. The topological polar surface area (TPSA) is 43.4 Å². The second kappa shape index (κ2) is 5.46. The lowest BCUT2D eigenvalue weighted by atomic mass is 10.1. The van der Waals surface area contributed by atoms with Crippen molar-refractivity contribution < 1.29 is 12.6 Å². The number of hydrogen-bond acceptors (Lipinski definition) is 3. The Bertz CT molecular complexity index is 711. The van der Waals surface area contributed by atoms with Crippen LogP contribution in [-0.2, 0) is 10.1 Å². The van der Waals surface area contributed by atoms with Crippen molar-refractivity contribution in [2.24, 2.45) is 0 Å². The Morgan fingerprint density at radius 1 is 0.950 bits per heavy atom. The van der Waals surface area contributed by atoms with Crippen LogP contribution in [0.4, 0.5) is 0 Å². The smallest absolute Gasteiger partial charge is 0.339 e. The summed E-state index contributed by atoms with van der Waals surface area (Å²) >= 11 is 5.92. The maximum Gasteiger partial charge on any atom is 0.339 e. The van der Waals surface area contributed by atoms with Crippen molar-refractivity contribution in [3.8, 4) is 5.75 Å². The van der Waals surface area contributed by atoms with Crippen LogP contribution in [0.3, 0.4) is 0 Å². The molecule has 0 aliphatic heterocycles. The molecule has 2 aromatic rings. The van der Waals surface area contributed by atoms with E-state index in [4.69, 9.17) is 15.8 Å². The molecule has 5 heteroatoms. The van der Waals surface area contributed by atoms with E-state index in [1.807, 2.05) is 6.92 Å². The third kappa shape index (κ3) is 3.14. The van der Waals surface area contributed by atoms with Crippen molar-refractivity contribution in [2.45, 2.75) is 25.7 Å². The minimum absolute atomic E-state index is 0.136. The molecule has 3 nitrogen and oxygen atoms in total. The summed E-state index contributed by atoms with van der Waals surface area (Å²) in [6.45, 7) is 5.42. The van der Waals surface area contributed by atoms with Crippen LogP contribution in [0.2, 0.25) is 5.02 Å². The average Bonchev–Trinajstić information content (AvgIpc) is 2.34.